The second-order valence-electron chi connectivity index (χ2n) is 6.84. The predicted octanol–water partition coefficient (Wildman–Crippen LogP) is 1.56. The minimum absolute atomic E-state index is 0.0174. The van der Waals surface area contributed by atoms with E-state index in [4.69, 9.17) is 4.74 Å². The Morgan fingerprint density at radius 3 is 2.45 bits per heavy atom. The van der Waals surface area contributed by atoms with E-state index in [1.165, 1.54) is 29.4 Å². The molecule has 2 N–H and O–H groups in total. The van der Waals surface area contributed by atoms with Crippen molar-refractivity contribution in [3.63, 3.8) is 0 Å². The molecule has 1 unspecified atom stereocenters. The first-order valence-corrected chi connectivity index (χ1v) is 11.0. The highest BCUT2D eigenvalue weighted by molar-refractivity contribution is 7.89. The van der Waals surface area contributed by atoms with Crippen LogP contribution in [0.25, 0.3) is 0 Å². The molecule has 0 saturated carbocycles. The predicted molar refractivity (Wildman–Crippen MR) is 106 cm³/mol. The number of benzene rings is 1. The van der Waals surface area contributed by atoms with Gasteiger partial charge in [-0.1, -0.05) is 12.5 Å². The van der Waals surface area contributed by atoms with Crippen LogP contribution in [0.2, 0.25) is 0 Å². The van der Waals surface area contributed by atoms with E-state index in [1.807, 2.05) is 0 Å². The standard InChI is InChI=1S/C19H27N3O6S/c1-4-20-19(25)21-17(23)14(3)28-18(24)15-9-8-13(2)16(12-15)29(26,27)22-10-6-5-7-11-22/h8-9,12,14H,4-7,10-11H2,1-3H3,(H2,20,21,23,25). The molecule has 1 saturated heterocycles. The molecule has 1 aromatic carbocycles. The summed E-state index contributed by atoms with van der Waals surface area (Å²) in [5.74, 6) is -1.63. The van der Waals surface area contributed by atoms with Crippen molar-refractivity contribution in [1.29, 1.82) is 0 Å². The second-order valence-corrected chi connectivity index (χ2v) is 8.75. The van der Waals surface area contributed by atoms with Crippen molar-refractivity contribution < 1.29 is 27.5 Å². The van der Waals surface area contributed by atoms with Crippen molar-refractivity contribution in [3.8, 4) is 0 Å². The maximum absolute atomic E-state index is 13.0. The number of aryl methyl sites for hydroxylation is 1. The number of amides is 3. The van der Waals surface area contributed by atoms with Gasteiger partial charge in [0.25, 0.3) is 5.91 Å². The first-order valence-electron chi connectivity index (χ1n) is 9.57. The number of sulfonamides is 1. The molecule has 1 aromatic rings. The summed E-state index contributed by atoms with van der Waals surface area (Å²) in [5, 5.41) is 4.45. The number of urea groups is 1. The Morgan fingerprint density at radius 1 is 1.17 bits per heavy atom. The van der Waals surface area contributed by atoms with Crippen LogP contribution in [-0.2, 0) is 19.6 Å². The molecule has 0 radical (unpaired) electrons. The third kappa shape index (κ3) is 5.77. The maximum Gasteiger partial charge on any atom is 0.338 e. The summed E-state index contributed by atoms with van der Waals surface area (Å²) in [7, 11) is -3.72. The minimum atomic E-state index is -3.72. The molecule has 2 rings (SSSR count). The summed E-state index contributed by atoms with van der Waals surface area (Å²) in [6.45, 7) is 5.92. The summed E-state index contributed by atoms with van der Waals surface area (Å²) in [5.41, 5.74) is 0.540. The van der Waals surface area contributed by atoms with E-state index in [1.54, 1.807) is 13.8 Å². The van der Waals surface area contributed by atoms with E-state index < -0.39 is 34.0 Å². The van der Waals surface area contributed by atoms with Gasteiger partial charge in [-0.15, -0.1) is 0 Å². The fraction of sp³-hybridized carbons (Fsp3) is 0.526. The number of rotatable bonds is 6. The van der Waals surface area contributed by atoms with Crippen LogP contribution in [0, 0.1) is 6.92 Å². The third-order valence-corrected chi connectivity index (χ3v) is 6.62. The van der Waals surface area contributed by atoms with Gasteiger partial charge in [-0.25, -0.2) is 18.0 Å². The molecule has 1 fully saturated rings. The average Bonchev–Trinajstić information content (AvgIpc) is 2.68. The monoisotopic (exact) mass is 425 g/mol. The molecule has 160 valence electrons. The van der Waals surface area contributed by atoms with Crippen molar-refractivity contribution in [2.24, 2.45) is 0 Å². The first kappa shape index (κ1) is 22.8. The number of nitrogens with one attached hydrogen (secondary N) is 2. The number of hydrogen-bond acceptors (Lipinski definition) is 6. The smallest absolute Gasteiger partial charge is 0.338 e. The van der Waals surface area contributed by atoms with Crippen LogP contribution in [0.15, 0.2) is 23.1 Å². The summed E-state index contributed by atoms with van der Waals surface area (Å²) in [4.78, 5) is 35.8. The van der Waals surface area contributed by atoms with Crippen molar-refractivity contribution >= 4 is 27.9 Å². The van der Waals surface area contributed by atoms with Crippen LogP contribution in [0.4, 0.5) is 4.79 Å². The Morgan fingerprint density at radius 2 is 1.83 bits per heavy atom. The molecule has 1 aliphatic heterocycles. The van der Waals surface area contributed by atoms with Crippen LogP contribution >= 0.6 is 0 Å². The van der Waals surface area contributed by atoms with Crippen molar-refractivity contribution in [3.05, 3.63) is 29.3 Å². The van der Waals surface area contributed by atoms with Gasteiger partial charge in [0.1, 0.15) is 0 Å². The van der Waals surface area contributed by atoms with E-state index >= 15 is 0 Å². The van der Waals surface area contributed by atoms with Gasteiger partial charge >= 0.3 is 12.0 Å². The van der Waals surface area contributed by atoms with Crippen LogP contribution in [0.3, 0.4) is 0 Å². The van der Waals surface area contributed by atoms with Crippen molar-refractivity contribution in [1.82, 2.24) is 14.9 Å². The molecule has 3 amide bonds. The van der Waals surface area contributed by atoms with Gasteiger partial charge in [0.2, 0.25) is 10.0 Å². The van der Waals surface area contributed by atoms with Gasteiger partial charge in [-0.2, -0.15) is 4.31 Å². The Hall–Kier alpha value is -2.46. The summed E-state index contributed by atoms with van der Waals surface area (Å²) < 4.78 is 32.4. The summed E-state index contributed by atoms with van der Waals surface area (Å²) in [6, 6.07) is 3.56. The normalized spacial score (nSPS) is 16.0. The van der Waals surface area contributed by atoms with Crippen molar-refractivity contribution in [2.45, 2.75) is 51.0 Å². The van der Waals surface area contributed by atoms with Gasteiger partial charge in [0, 0.05) is 19.6 Å². The number of esters is 1. The zero-order valence-corrected chi connectivity index (χ0v) is 17.7. The number of nitrogens with zero attached hydrogens (tertiary/aromatic N) is 1. The van der Waals surface area contributed by atoms with E-state index in [-0.39, 0.29) is 10.5 Å². The molecule has 29 heavy (non-hydrogen) atoms. The average molecular weight is 426 g/mol. The Bertz CT molecular complexity index is 878. The number of carbonyl (C=O) groups is 3. The molecule has 0 bridgehead atoms. The lowest BCUT2D eigenvalue weighted by Gasteiger charge is -2.26. The lowest BCUT2D eigenvalue weighted by atomic mass is 10.1. The lowest BCUT2D eigenvalue weighted by molar-refractivity contribution is -0.127. The first-order chi connectivity index (χ1) is 13.7. The maximum atomic E-state index is 13.0. The zero-order valence-electron chi connectivity index (χ0n) is 16.9. The Labute approximate surface area is 170 Å². The number of hydrogen-bond donors (Lipinski definition) is 2. The molecular formula is C19H27N3O6S. The fourth-order valence-corrected chi connectivity index (χ4v) is 4.72. The molecule has 1 atom stereocenters. The topological polar surface area (TPSA) is 122 Å². The highest BCUT2D eigenvalue weighted by Gasteiger charge is 2.29. The van der Waals surface area contributed by atoms with Crippen LogP contribution < -0.4 is 10.6 Å². The van der Waals surface area contributed by atoms with Gasteiger partial charge in [-0.3, -0.25) is 10.1 Å². The molecule has 0 aliphatic carbocycles. The van der Waals surface area contributed by atoms with Gasteiger partial charge in [-0.05, 0) is 51.3 Å². The van der Waals surface area contributed by atoms with E-state index in [9.17, 15) is 22.8 Å². The molecule has 9 nitrogen and oxygen atoms in total. The number of carbonyl (C=O) groups excluding carboxylic acids is 3. The highest BCUT2D eigenvalue weighted by Crippen LogP contribution is 2.24. The molecular weight excluding hydrogens is 398 g/mol. The Kier molecular flexibility index (Phi) is 7.74. The SMILES string of the molecule is CCNC(=O)NC(=O)C(C)OC(=O)c1ccc(C)c(S(=O)(=O)N2CCCCC2)c1. The lowest BCUT2D eigenvalue weighted by Crippen LogP contribution is -2.44. The highest BCUT2D eigenvalue weighted by atomic mass is 32.2. The largest absolute Gasteiger partial charge is 0.449 e. The quantitative estimate of drug-likeness (QED) is 0.667. The molecule has 0 aromatic heterocycles. The third-order valence-electron chi connectivity index (χ3n) is 4.58. The van der Waals surface area contributed by atoms with E-state index in [0.29, 0.717) is 25.2 Å². The van der Waals surface area contributed by atoms with Crippen molar-refractivity contribution in [2.75, 3.05) is 19.6 Å². The molecule has 1 heterocycles. The number of ether oxygens (including phenoxy) is 1. The Balaban J connectivity index is 2.14. The summed E-state index contributed by atoms with van der Waals surface area (Å²) >= 11 is 0. The molecule has 10 heteroatoms. The fourth-order valence-electron chi connectivity index (χ4n) is 2.95. The van der Waals surface area contributed by atoms with E-state index in [0.717, 1.165) is 19.3 Å². The summed E-state index contributed by atoms with van der Waals surface area (Å²) in [6.07, 6.45) is 1.37. The minimum Gasteiger partial charge on any atom is -0.449 e. The molecule has 0 spiro atoms. The zero-order chi connectivity index (χ0) is 21.6. The van der Waals surface area contributed by atoms with Gasteiger partial charge < -0.3 is 10.1 Å². The van der Waals surface area contributed by atoms with Gasteiger partial charge in [0.15, 0.2) is 6.10 Å². The second kappa shape index (κ2) is 9.84. The number of piperidine rings is 1. The van der Waals surface area contributed by atoms with Crippen LogP contribution in [-0.4, -0.2) is 56.4 Å². The van der Waals surface area contributed by atoms with Crippen LogP contribution in [0.5, 0.6) is 0 Å². The number of imide groups is 1. The molecule has 1 aliphatic rings. The van der Waals surface area contributed by atoms with Gasteiger partial charge in [0.05, 0.1) is 10.5 Å². The van der Waals surface area contributed by atoms with E-state index in [2.05, 4.69) is 10.6 Å². The van der Waals surface area contributed by atoms with Crippen LogP contribution in [0.1, 0.15) is 49.0 Å².